The van der Waals surface area contributed by atoms with Gasteiger partial charge in [0, 0.05) is 30.5 Å². The van der Waals surface area contributed by atoms with Gasteiger partial charge in [-0.05, 0) is 79.9 Å². The molecule has 0 spiro atoms. The molecule has 0 radical (unpaired) electrons. The Morgan fingerprint density at radius 1 is 0.970 bits per heavy atom. The van der Waals surface area contributed by atoms with Gasteiger partial charge in [-0.2, -0.15) is 0 Å². The molecule has 1 saturated heterocycles. The summed E-state index contributed by atoms with van der Waals surface area (Å²) >= 11 is 0. The predicted octanol–water partition coefficient (Wildman–Crippen LogP) is 4.64. The van der Waals surface area contributed by atoms with Gasteiger partial charge in [-0.25, -0.2) is 4.39 Å². The van der Waals surface area contributed by atoms with E-state index in [9.17, 15) is 9.18 Å². The normalized spacial score (nSPS) is 14.2. The fourth-order valence-corrected chi connectivity index (χ4v) is 4.07. The molecule has 1 amide bonds. The monoisotopic (exact) mass is 447 g/mol. The van der Waals surface area contributed by atoms with Crippen molar-refractivity contribution >= 4 is 17.3 Å². The summed E-state index contributed by atoms with van der Waals surface area (Å²) in [6, 6.07) is 24.6. The number of para-hydroxylation sites is 1. The minimum Gasteiger partial charge on any atom is -0.484 e. The molecule has 1 fully saturated rings. The smallest absolute Gasteiger partial charge is 0.262 e. The van der Waals surface area contributed by atoms with Crippen molar-refractivity contribution in [1.29, 1.82) is 0 Å². The van der Waals surface area contributed by atoms with Gasteiger partial charge >= 0.3 is 0 Å². The number of anilines is 2. The van der Waals surface area contributed by atoms with E-state index >= 15 is 0 Å². The van der Waals surface area contributed by atoms with Crippen LogP contribution < -0.4 is 20.3 Å². The van der Waals surface area contributed by atoms with Gasteiger partial charge in [0.05, 0.1) is 0 Å². The van der Waals surface area contributed by atoms with Gasteiger partial charge in [-0.3, -0.25) is 4.79 Å². The second-order valence-electron chi connectivity index (χ2n) is 8.29. The lowest BCUT2D eigenvalue weighted by molar-refractivity contribution is -0.118. The summed E-state index contributed by atoms with van der Waals surface area (Å²) in [7, 11) is 0. The third-order valence-electron chi connectivity index (χ3n) is 5.86. The Labute approximate surface area is 194 Å². The summed E-state index contributed by atoms with van der Waals surface area (Å²) in [5.41, 5.74) is 2.94. The maximum Gasteiger partial charge on any atom is 0.262 e. The second-order valence-corrected chi connectivity index (χ2v) is 8.29. The SMILES string of the molecule is O=C(COc1ccccc1)Nc1ccc(N2CCC(NCCc3cccc(F)c3)CC2)cc1. The highest BCUT2D eigenvalue weighted by atomic mass is 19.1. The summed E-state index contributed by atoms with van der Waals surface area (Å²) in [6.45, 7) is 2.80. The van der Waals surface area contributed by atoms with E-state index in [-0.39, 0.29) is 18.3 Å². The van der Waals surface area contributed by atoms with Crippen molar-refractivity contribution < 1.29 is 13.9 Å². The van der Waals surface area contributed by atoms with Crippen LogP contribution in [0.2, 0.25) is 0 Å². The quantitative estimate of drug-likeness (QED) is 0.502. The lowest BCUT2D eigenvalue weighted by Crippen LogP contribution is -2.43. The van der Waals surface area contributed by atoms with Crippen LogP contribution in [0.1, 0.15) is 18.4 Å². The van der Waals surface area contributed by atoms with E-state index in [4.69, 9.17) is 4.74 Å². The Morgan fingerprint density at radius 2 is 1.73 bits per heavy atom. The molecule has 0 aliphatic carbocycles. The number of hydrogen-bond donors (Lipinski definition) is 2. The number of carbonyl (C=O) groups is 1. The van der Waals surface area contributed by atoms with Crippen LogP contribution in [0.15, 0.2) is 78.9 Å². The maximum atomic E-state index is 13.3. The number of ether oxygens (including phenoxy) is 1. The largest absolute Gasteiger partial charge is 0.484 e. The molecule has 0 saturated carbocycles. The van der Waals surface area contributed by atoms with Crippen LogP contribution in [0.5, 0.6) is 5.75 Å². The zero-order valence-corrected chi connectivity index (χ0v) is 18.7. The molecule has 5 nitrogen and oxygen atoms in total. The minimum atomic E-state index is -0.184. The molecular weight excluding hydrogens is 417 g/mol. The molecule has 1 aliphatic heterocycles. The Hall–Kier alpha value is -3.38. The topological polar surface area (TPSA) is 53.6 Å². The molecule has 2 N–H and O–H groups in total. The van der Waals surface area contributed by atoms with Gasteiger partial charge in [-0.15, -0.1) is 0 Å². The number of carbonyl (C=O) groups excluding carboxylic acids is 1. The van der Waals surface area contributed by atoms with E-state index in [1.54, 1.807) is 12.1 Å². The van der Waals surface area contributed by atoms with Crippen molar-refractivity contribution in [3.05, 3.63) is 90.2 Å². The minimum absolute atomic E-state index is 0.0223. The summed E-state index contributed by atoms with van der Waals surface area (Å²) < 4.78 is 18.8. The van der Waals surface area contributed by atoms with Crippen LogP contribution in [0.3, 0.4) is 0 Å². The molecule has 6 heteroatoms. The first-order chi connectivity index (χ1) is 16.2. The third-order valence-corrected chi connectivity index (χ3v) is 5.86. The van der Waals surface area contributed by atoms with Crippen molar-refractivity contribution in [3.8, 4) is 5.75 Å². The molecule has 33 heavy (non-hydrogen) atoms. The van der Waals surface area contributed by atoms with Gasteiger partial charge in [0.1, 0.15) is 11.6 Å². The summed E-state index contributed by atoms with van der Waals surface area (Å²) in [6.07, 6.45) is 2.97. The van der Waals surface area contributed by atoms with Crippen molar-refractivity contribution in [3.63, 3.8) is 0 Å². The molecule has 1 aliphatic rings. The lowest BCUT2D eigenvalue weighted by atomic mass is 10.0. The molecular formula is C27H30FN3O2. The number of benzene rings is 3. The standard InChI is InChI=1S/C27H30FN3O2/c28-22-6-4-5-21(19-22)13-16-29-23-14-17-31(18-15-23)25-11-9-24(10-12-25)30-27(32)20-33-26-7-2-1-3-8-26/h1-12,19,23,29H,13-18,20H2,(H,30,32). The van der Waals surface area contributed by atoms with Gasteiger partial charge in [0.25, 0.3) is 5.91 Å². The van der Waals surface area contributed by atoms with Crippen LogP contribution in [-0.4, -0.2) is 38.2 Å². The Balaban J connectivity index is 1.17. The van der Waals surface area contributed by atoms with Crippen molar-refractivity contribution in [2.45, 2.75) is 25.3 Å². The fraction of sp³-hybridized carbons (Fsp3) is 0.296. The van der Waals surface area contributed by atoms with E-state index in [2.05, 4.69) is 15.5 Å². The van der Waals surface area contributed by atoms with Crippen LogP contribution >= 0.6 is 0 Å². The van der Waals surface area contributed by atoms with E-state index in [0.717, 1.165) is 55.8 Å². The molecule has 0 unspecified atom stereocenters. The Kier molecular flexibility index (Phi) is 7.93. The molecule has 3 aromatic rings. The van der Waals surface area contributed by atoms with E-state index in [1.165, 1.54) is 6.07 Å². The number of nitrogens with one attached hydrogen (secondary N) is 2. The highest BCUT2D eigenvalue weighted by Gasteiger charge is 2.19. The predicted molar refractivity (Wildman–Crippen MR) is 130 cm³/mol. The van der Waals surface area contributed by atoms with Crippen LogP contribution in [0.4, 0.5) is 15.8 Å². The fourth-order valence-electron chi connectivity index (χ4n) is 4.07. The van der Waals surface area contributed by atoms with Crippen LogP contribution in [0, 0.1) is 5.82 Å². The number of hydrogen-bond acceptors (Lipinski definition) is 4. The van der Waals surface area contributed by atoms with E-state index in [0.29, 0.717) is 11.8 Å². The molecule has 1 heterocycles. The highest BCUT2D eigenvalue weighted by molar-refractivity contribution is 5.92. The number of rotatable bonds is 9. The van der Waals surface area contributed by atoms with Gasteiger partial charge < -0.3 is 20.3 Å². The number of amides is 1. The third kappa shape index (κ3) is 7.05. The molecule has 172 valence electrons. The molecule has 0 bridgehead atoms. The zero-order valence-electron chi connectivity index (χ0n) is 18.7. The van der Waals surface area contributed by atoms with Crippen molar-refractivity contribution in [2.75, 3.05) is 36.5 Å². The first kappa shape index (κ1) is 22.8. The maximum absolute atomic E-state index is 13.3. The number of piperidine rings is 1. The lowest BCUT2D eigenvalue weighted by Gasteiger charge is -2.34. The second kappa shape index (κ2) is 11.5. The van der Waals surface area contributed by atoms with Gasteiger partial charge in [0.2, 0.25) is 0 Å². The molecule has 4 rings (SSSR count). The van der Waals surface area contributed by atoms with E-state index in [1.807, 2.05) is 60.7 Å². The van der Waals surface area contributed by atoms with Gasteiger partial charge in [0.15, 0.2) is 6.61 Å². The van der Waals surface area contributed by atoms with E-state index < -0.39 is 0 Å². The molecule has 0 atom stereocenters. The first-order valence-corrected chi connectivity index (χ1v) is 11.5. The van der Waals surface area contributed by atoms with Crippen LogP contribution in [-0.2, 0) is 11.2 Å². The van der Waals surface area contributed by atoms with Crippen molar-refractivity contribution in [2.24, 2.45) is 0 Å². The van der Waals surface area contributed by atoms with Crippen molar-refractivity contribution in [1.82, 2.24) is 5.32 Å². The first-order valence-electron chi connectivity index (χ1n) is 11.5. The zero-order chi connectivity index (χ0) is 22.9. The summed E-state index contributed by atoms with van der Waals surface area (Å²) in [5, 5.41) is 6.48. The number of halogens is 1. The summed E-state index contributed by atoms with van der Waals surface area (Å²) in [5.74, 6) is 0.318. The molecule has 0 aromatic heterocycles. The Bertz CT molecular complexity index is 1020. The molecule has 3 aromatic carbocycles. The van der Waals surface area contributed by atoms with Crippen LogP contribution in [0.25, 0.3) is 0 Å². The number of nitrogens with zero attached hydrogens (tertiary/aromatic N) is 1. The highest BCUT2D eigenvalue weighted by Crippen LogP contribution is 2.22. The average Bonchev–Trinajstić information content (AvgIpc) is 2.84. The summed E-state index contributed by atoms with van der Waals surface area (Å²) in [4.78, 5) is 14.5. The Morgan fingerprint density at radius 3 is 2.45 bits per heavy atom. The average molecular weight is 448 g/mol. The van der Waals surface area contributed by atoms with Gasteiger partial charge in [-0.1, -0.05) is 30.3 Å².